The van der Waals surface area contributed by atoms with Crippen LogP contribution in [0.15, 0.2) is 0 Å². The highest BCUT2D eigenvalue weighted by Crippen LogP contribution is 2.20. The Morgan fingerprint density at radius 3 is 2.45 bits per heavy atom. The van der Waals surface area contributed by atoms with Gasteiger partial charge in [-0.05, 0) is 32.1 Å². The predicted molar refractivity (Wildman–Crippen MR) is 87.1 cm³/mol. The topological polar surface area (TPSA) is 24.5 Å². The first-order valence-electron chi connectivity index (χ1n) is 8.53. The molecule has 1 fully saturated rings. The monoisotopic (exact) mass is 284 g/mol. The number of hydrogen-bond donors (Lipinski definition) is 1. The SMILES string of the molecule is CCC(C)C1CNC(CC(C)C)CN1CCOC(C)C. The molecule has 0 aromatic carbocycles. The molecule has 120 valence electrons. The molecular formula is C17H36N2O. The maximum absolute atomic E-state index is 5.76. The molecule has 1 N–H and O–H groups in total. The van der Waals surface area contributed by atoms with E-state index in [1.807, 2.05) is 0 Å². The van der Waals surface area contributed by atoms with Crippen LogP contribution in [0.2, 0.25) is 0 Å². The van der Waals surface area contributed by atoms with Gasteiger partial charge in [0.1, 0.15) is 0 Å². The minimum Gasteiger partial charge on any atom is -0.377 e. The second kappa shape index (κ2) is 9.01. The molecule has 3 heteroatoms. The number of piperazine rings is 1. The van der Waals surface area contributed by atoms with Gasteiger partial charge in [-0.15, -0.1) is 0 Å². The van der Waals surface area contributed by atoms with Crippen molar-refractivity contribution in [2.75, 3.05) is 26.2 Å². The van der Waals surface area contributed by atoms with Crippen molar-refractivity contribution in [2.24, 2.45) is 11.8 Å². The molecule has 1 rings (SSSR count). The third-order valence-corrected chi connectivity index (χ3v) is 4.43. The molecule has 0 radical (unpaired) electrons. The average Bonchev–Trinajstić information content (AvgIpc) is 2.37. The third kappa shape index (κ3) is 6.11. The molecule has 0 bridgehead atoms. The maximum Gasteiger partial charge on any atom is 0.0597 e. The first-order chi connectivity index (χ1) is 9.43. The maximum atomic E-state index is 5.76. The lowest BCUT2D eigenvalue weighted by molar-refractivity contribution is 0.0230. The van der Waals surface area contributed by atoms with Crippen molar-refractivity contribution in [1.29, 1.82) is 0 Å². The fourth-order valence-corrected chi connectivity index (χ4v) is 3.12. The van der Waals surface area contributed by atoms with E-state index in [1.165, 1.54) is 19.4 Å². The van der Waals surface area contributed by atoms with Gasteiger partial charge in [0, 0.05) is 31.7 Å². The second-order valence-electron chi connectivity index (χ2n) is 7.10. The van der Waals surface area contributed by atoms with Crippen LogP contribution < -0.4 is 5.32 Å². The molecule has 0 aromatic heterocycles. The molecule has 1 heterocycles. The summed E-state index contributed by atoms with van der Waals surface area (Å²) in [7, 11) is 0. The van der Waals surface area contributed by atoms with Crippen molar-refractivity contribution >= 4 is 0 Å². The predicted octanol–water partition coefficient (Wildman–Crippen LogP) is 3.15. The minimum absolute atomic E-state index is 0.339. The Bertz CT molecular complexity index is 255. The summed E-state index contributed by atoms with van der Waals surface area (Å²) in [5.74, 6) is 1.52. The van der Waals surface area contributed by atoms with Gasteiger partial charge in [-0.3, -0.25) is 4.90 Å². The number of nitrogens with one attached hydrogen (secondary N) is 1. The van der Waals surface area contributed by atoms with E-state index in [0.717, 1.165) is 31.5 Å². The Kier molecular flexibility index (Phi) is 8.08. The summed E-state index contributed by atoms with van der Waals surface area (Å²) in [6.45, 7) is 17.8. The Morgan fingerprint density at radius 1 is 1.20 bits per heavy atom. The fraction of sp³-hybridized carbons (Fsp3) is 1.00. The van der Waals surface area contributed by atoms with Gasteiger partial charge in [-0.2, -0.15) is 0 Å². The van der Waals surface area contributed by atoms with Gasteiger partial charge in [0.25, 0.3) is 0 Å². The van der Waals surface area contributed by atoms with Crippen LogP contribution in [0.4, 0.5) is 0 Å². The van der Waals surface area contributed by atoms with Gasteiger partial charge >= 0.3 is 0 Å². The van der Waals surface area contributed by atoms with Gasteiger partial charge in [-0.1, -0.05) is 34.1 Å². The van der Waals surface area contributed by atoms with Gasteiger partial charge < -0.3 is 10.1 Å². The number of rotatable bonds is 8. The Morgan fingerprint density at radius 2 is 1.90 bits per heavy atom. The summed E-state index contributed by atoms with van der Waals surface area (Å²) in [6.07, 6.45) is 2.86. The quantitative estimate of drug-likeness (QED) is 0.741. The molecule has 1 aliphatic rings. The Hall–Kier alpha value is -0.120. The average molecular weight is 284 g/mol. The summed E-state index contributed by atoms with van der Waals surface area (Å²) in [4.78, 5) is 2.67. The van der Waals surface area contributed by atoms with E-state index >= 15 is 0 Å². The van der Waals surface area contributed by atoms with Crippen LogP contribution in [0.5, 0.6) is 0 Å². The molecule has 3 nitrogen and oxygen atoms in total. The van der Waals surface area contributed by atoms with E-state index in [0.29, 0.717) is 18.2 Å². The fourth-order valence-electron chi connectivity index (χ4n) is 3.12. The summed E-state index contributed by atoms with van der Waals surface area (Å²) >= 11 is 0. The Labute approximate surface area is 126 Å². The molecule has 20 heavy (non-hydrogen) atoms. The van der Waals surface area contributed by atoms with Gasteiger partial charge in [0.05, 0.1) is 12.7 Å². The van der Waals surface area contributed by atoms with Crippen molar-refractivity contribution in [2.45, 2.75) is 72.6 Å². The second-order valence-corrected chi connectivity index (χ2v) is 7.10. The van der Waals surface area contributed by atoms with Gasteiger partial charge in [-0.25, -0.2) is 0 Å². The lowest BCUT2D eigenvalue weighted by Crippen LogP contribution is -2.59. The van der Waals surface area contributed by atoms with Gasteiger partial charge in [0.2, 0.25) is 0 Å². The largest absolute Gasteiger partial charge is 0.377 e. The van der Waals surface area contributed by atoms with Crippen LogP contribution in [0, 0.1) is 11.8 Å². The van der Waals surface area contributed by atoms with E-state index in [1.54, 1.807) is 0 Å². The highest BCUT2D eigenvalue weighted by molar-refractivity contribution is 4.88. The lowest BCUT2D eigenvalue weighted by atomic mass is 9.92. The van der Waals surface area contributed by atoms with Crippen molar-refractivity contribution in [3.63, 3.8) is 0 Å². The molecular weight excluding hydrogens is 248 g/mol. The summed E-state index contributed by atoms with van der Waals surface area (Å²) < 4.78 is 5.76. The first-order valence-corrected chi connectivity index (χ1v) is 8.53. The highest BCUT2D eigenvalue weighted by atomic mass is 16.5. The minimum atomic E-state index is 0.339. The van der Waals surface area contributed by atoms with Crippen LogP contribution in [-0.2, 0) is 4.74 Å². The van der Waals surface area contributed by atoms with Crippen LogP contribution in [0.1, 0.15) is 54.4 Å². The van der Waals surface area contributed by atoms with Gasteiger partial charge in [0.15, 0.2) is 0 Å². The zero-order chi connectivity index (χ0) is 15.1. The van der Waals surface area contributed by atoms with Crippen LogP contribution in [0.3, 0.4) is 0 Å². The number of ether oxygens (including phenoxy) is 1. The summed E-state index contributed by atoms with van der Waals surface area (Å²) in [6, 6.07) is 1.31. The van der Waals surface area contributed by atoms with E-state index in [4.69, 9.17) is 4.74 Å². The van der Waals surface area contributed by atoms with E-state index in [2.05, 4.69) is 51.8 Å². The van der Waals surface area contributed by atoms with E-state index in [-0.39, 0.29) is 0 Å². The molecule has 1 aliphatic heterocycles. The van der Waals surface area contributed by atoms with Crippen LogP contribution in [-0.4, -0.2) is 49.3 Å². The zero-order valence-corrected chi connectivity index (χ0v) is 14.5. The summed E-state index contributed by atoms with van der Waals surface area (Å²) in [5, 5.41) is 3.76. The zero-order valence-electron chi connectivity index (χ0n) is 14.5. The molecule has 0 aromatic rings. The van der Waals surface area contributed by atoms with E-state index < -0.39 is 0 Å². The molecule has 1 saturated heterocycles. The highest BCUT2D eigenvalue weighted by Gasteiger charge is 2.30. The van der Waals surface area contributed by atoms with Crippen molar-refractivity contribution in [3.05, 3.63) is 0 Å². The molecule has 0 saturated carbocycles. The first kappa shape index (κ1) is 17.9. The van der Waals surface area contributed by atoms with Crippen LogP contribution >= 0.6 is 0 Å². The molecule has 3 atom stereocenters. The Balaban J connectivity index is 2.53. The molecule has 0 spiro atoms. The normalized spacial score (nSPS) is 26.4. The number of hydrogen-bond acceptors (Lipinski definition) is 3. The third-order valence-electron chi connectivity index (χ3n) is 4.43. The van der Waals surface area contributed by atoms with E-state index in [9.17, 15) is 0 Å². The molecule has 0 amide bonds. The van der Waals surface area contributed by atoms with Crippen LogP contribution in [0.25, 0.3) is 0 Å². The number of nitrogens with zero attached hydrogens (tertiary/aromatic N) is 1. The van der Waals surface area contributed by atoms with Crippen molar-refractivity contribution in [1.82, 2.24) is 10.2 Å². The van der Waals surface area contributed by atoms with Crippen molar-refractivity contribution in [3.8, 4) is 0 Å². The standard InChI is InChI=1S/C17H36N2O/c1-7-15(6)17-11-18-16(10-13(2)3)12-19(17)8-9-20-14(4)5/h13-18H,7-12H2,1-6H3. The molecule has 0 aliphatic carbocycles. The smallest absolute Gasteiger partial charge is 0.0597 e. The van der Waals surface area contributed by atoms with Crippen molar-refractivity contribution < 1.29 is 4.74 Å². The lowest BCUT2D eigenvalue weighted by Gasteiger charge is -2.43. The summed E-state index contributed by atoms with van der Waals surface area (Å²) in [5.41, 5.74) is 0. The molecule has 3 unspecified atom stereocenters.